The number of thiocarbonyl (C=S) groups is 1. The van der Waals surface area contributed by atoms with Gasteiger partial charge in [-0.15, -0.1) is 0 Å². The van der Waals surface area contributed by atoms with Crippen LogP contribution in [0, 0.1) is 0 Å². The summed E-state index contributed by atoms with van der Waals surface area (Å²) in [6.07, 6.45) is 1.30. The van der Waals surface area contributed by atoms with E-state index in [2.05, 4.69) is 17.1 Å². The van der Waals surface area contributed by atoms with Crippen LogP contribution in [-0.4, -0.2) is 29.6 Å². The van der Waals surface area contributed by atoms with Gasteiger partial charge in [0.1, 0.15) is 0 Å². The molecule has 1 heterocycles. The predicted molar refractivity (Wildman–Crippen MR) is 44.6 cm³/mol. The summed E-state index contributed by atoms with van der Waals surface area (Å²) in [6, 6.07) is 0. The third-order valence-corrected chi connectivity index (χ3v) is 1.87. The van der Waals surface area contributed by atoms with Gasteiger partial charge >= 0.3 is 0 Å². The zero-order chi connectivity index (χ0) is 6.69. The largest absolute Gasteiger partial charge is 0.363 e. The van der Waals surface area contributed by atoms with Crippen LogP contribution in [0.2, 0.25) is 0 Å². The first kappa shape index (κ1) is 6.81. The van der Waals surface area contributed by atoms with Crippen molar-refractivity contribution in [1.82, 2.24) is 10.2 Å². The maximum atomic E-state index is 5.04. The molecule has 1 N–H and O–H groups in total. The van der Waals surface area contributed by atoms with E-state index in [1.54, 1.807) is 0 Å². The molecule has 1 aliphatic rings. The van der Waals surface area contributed by atoms with Gasteiger partial charge in [-0.1, -0.05) is 0 Å². The lowest BCUT2D eigenvalue weighted by Gasteiger charge is -2.33. The second-order valence-corrected chi connectivity index (χ2v) is 2.56. The molecule has 0 aromatic carbocycles. The lowest BCUT2D eigenvalue weighted by atomic mass is 10.2. The van der Waals surface area contributed by atoms with Crippen LogP contribution < -0.4 is 5.32 Å². The van der Waals surface area contributed by atoms with E-state index in [0.29, 0.717) is 0 Å². The average molecular weight is 146 g/mol. The van der Waals surface area contributed by atoms with Crippen LogP contribution in [0.4, 0.5) is 0 Å². The van der Waals surface area contributed by atoms with Gasteiger partial charge in [0.05, 0.1) is 0 Å². The Hall–Kier alpha value is -0.310. The molecule has 0 unspecified atom stereocenters. The average Bonchev–Trinajstić information content (AvgIpc) is 1.60. The highest BCUT2D eigenvalue weighted by Gasteiger charge is 2.15. The molecule has 0 amide bonds. The fourth-order valence-electron chi connectivity index (χ4n) is 0.782. The van der Waals surface area contributed by atoms with E-state index in [9.17, 15) is 0 Å². The minimum absolute atomic E-state index is 0. The molecule has 0 atom stereocenters. The third-order valence-electron chi connectivity index (χ3n) is 1.47. The van der Waals surface area contributed by atoms with Crippen LogP contribution in [0.5, 0.6) is 0 Å². The van der Waals surface area contributed by atoms with Gasteiger partial charge in [0.15, 0.2) is 5.11 Å². The highest BCUT2D eigenvalue weighted by Crippen LogP contribution is 2.04. The number of hydrogen-bond acceptors (Lipinski definition) is 1. The summed E-state index contributed by atoms with van der Waals surface area (Å²) in [4.78, 5) is 2.18. The molecular formula is C6H14N2S. The van der Waals surface area contributed by atoms with Crippen LogP contribution >= 0.6 is 12.2 Å². The molecule has 54 valence electrons. The van der Waals surface area contributed by atoms with Crippen molar-refractivity contribution in [3.63, 3.8) is 0 Å². The summed E-state index contributed by atoms with van der Waals surface area (Å²) in [5.74, 6) is 0. The second kappa shape index (κ2) is 3.01. The fourth-order valence-corrected chi connectivity index (χ4v) is 1.11. The molecule has 0 aliphatic carbocycles. The highest BCUT2D eigenvalue weighted by molar-refractivity contribution is 7.80. The topological polar surface area (TPSA) is 15.3 Å². The number of hydrogen-bond donors (Lipinski definition) is 1. The zero-order valence-corrected chi connectivity index (χ0v) is 6.50. The Balaban J connectivity index is 0.000000810. The van der Waals surface area contributed by atoms with Gasteiger partial charge in [0.25, 0.3) is 0 Å². The van der Waals surface area contributed by atoms with E-state index in [4.69, 9.17) is 12.2 Å². The Morgan fingerprint density at radius 3 is 2.78 bits per heavy atom. The molecule has 2 nitrogen and oxygen atoms in total. The Labute approximate surface area is 62.7 Å². The molecule has 0 spiro atoms. The van der Waals surface area contributed by atoms with Crippen molar-refractivity contribution in [2.24, 2.45) is 0 Å². The quantitative estimate of drug-likeness (QED) is 0.552. The smallest absolute Gasteiger partial charge is 0.168 e. The summed E-state index contributed by atoms with van der Waals surface area (Å²) in [7, 11) is 0. The van der Waals surface area contributed by atoms with Crippen molar-refractivity contribution in [2.75, 3.05) is 19.6 Å². The first-order chi connectivity index (χ1) is 4.34. The summed E-state index contributed by atoms with van der Waals surface area (Å²) >= 11 is 5.04. The van der Waals surface area contributed by atoms with Gasteiger partial charge in [-0.3, -0.25) is 0 Å². The molecule has 1 fully saturated rings. The number of nitrogens with zero attached hydrogens (tertiary/aromatic N) is 1. The van der Waals surface area contributed by atoms with Crippen LogP contribution in [0.3, 0.4) is 0 Å². The van der Waals surface area contributed by atoms with Gasteiger partial charge in [-0.25, -0.2) is 0 Å². The van der Waals surface area contributed by atoms with E-state index >= 15 is 0 Å². The van der Waals surface area contributed by atoms with Gasteiger partial charge in [-0.05, 0) is 25.6 Å². The molecule has 9 heavy (non-hydrogen) atoms. The van der Waals surface area contributed by atoms with Crippen LogP contribution in [0.15, 0.2) is 0 Å². The number of likely N-dealkylation sites (tertiary alicyclic amines) is 1. The molecule has 0 radical (unpaired) electrons. The van der Waals surface area contributed by atoms with Gasteiger partial charge < -0.3 is 10.2 Å². The van der Waals surface area contributed by atoms with Crippen molar-refractivity contribution in [3.05, 3.63) is 0 Å². The first-order valence-corrected chi connectivity index (χ1v) is 3.78. The summed E-state index contributed by atoms with van der Waals surface area (Å²) in [6.45, 7) is 5.29. The van der Waals surface area contributed by atoms with Crippen molar-refractivity contribution >= 4 is 17.3 Å². The van der Waals surface area contributed by atoms with Gasteiger partial charge in [0, 0.05) is 21.1 Å². The maximum absolute atomic E-state index is 5.04. The van der Waals surface area contributed by atoms with Crippen LogP contribution in [-0.2, 0) is 0 Å². The van der Waals surface area contributed by atoms with E-state index in [-0.39, 0.29) is 1.43 Å². The Morgan fingerprint density at radius 2 is 2.44 bits per heavy atom. The van der Waals surface area contributed by atoms with Crippen LogP contribution in [0.1, 0.15) is 14.8 Å². The van der Waals surface area contributed by atoms with E-state index in [1.807, 2.05) is 0 Å². The first-order valence-electron chi connectivity index (χ1n) is 3.37. The normalized spacial score (nSPS) is 16.8. The lowest BCUT2D eigenvalue weighted by molar-refractivity contribution is 0.296. The fraction of sp³-hybridized carbons (Fsp3) is 0.833. The molecule has 0 aromatic heterocycles. The SMILES string of the molecule is CCNC(=S)N1CCC1.[HH]. The minimum Gasteiger partial charge on any atom is -0.363 e. The van der Waals surface area contributed by atoms with Crippen molar-refractivity contribution in [2.45, 2.75) is 13.3 Å². The number of nitrogens with one attached hydrogen (secondary N) is 1. The number of rotatable bonds is 1. The van der Waals surface area contributed by atoms with Crippen molar-refractivity contribution < 1.29 is 1.43 Å². The molecule has 1 saturated heterocycles. The van der Waals surface area contributed by atoms with E-state index in [0.717, 1.165) is 24.7 Å². The predicted octanol–water partition coefficient (Wildman–Crippen LogP) is 0.833. The molecule has 1 rings (SSSR count). The minimum atomic E-state index is 0. The third kappa shape index (κ3) is 1.55. The van der Waals surface area contributed by atoms with Crippen molar-refractivity contribution in [1.29, 1.82) is 0 Å². The standard InChI is InChI=1S/C6H12N2S.H2/c1-2-7-6(9)8-4-3-5-8;/h2-5H2,1H3,(H,7,9);1H. The zero-order valence-electron chi connectivity index (χ0n) is 5.68. The van der Waals surface area contributed by atoms with Gasteiger partial charge in [0.2, 0.25) is 0 Å². The molecule has 3 heteroatoms. The second-order valence-electron chi connectivity index (χ2n) is 2.18. The van der Waals surface area contributed by atoms with Crippen molar-refractivity contribution in [3.8, 4) is 0 Å². The van der Waals surface area contributed by atoms with Gasteiger partial charge in [-0.2, -0.15) is 0 Å². The summed E-state index contributed by atoms with van der Waals surface area (Å²) < 4.78 is 0. The summed E-state index contributed by atoms with van der Waals surface area (Å²) in [5.41, 5.74) is 0. The van der Waals surface area contributed by atoms with E-state index in [1.165, 1.54) is 6.42 Å². The summed E-state index contributed by atoms with van der Waals surface area (Å²) in [5, 5.41) is 4.02. The molecule has 1 aliphatic heterocycles. The molecule has 0 aromatic rings. The molecule has 0 bridgehead atoms. The lowest BCUT2D eigenvalue weighted by Crippen LogP contribution is -2.47. The Morgan fingerprint density at radius 1 is 1.78 bits per heavy atom. The highest BCUT2D eigenvalue weighted by atomic mass is 32.1. The van der Waals surface area contributed by atoms with Crippen LogP contribution in [0.25, 0.3) is 0 Å². The monoisotopic (exact) mass is 146 g/mol. The molecule has 0 saturated carbocycles. The molecular weight excluding hydrogens is 132 g/mol. The Bertz CT molecular complexity index is 114. The Kier molecular flexibility index (Phi) is 2.28. The maximum Gasteiger partial charge on any atom is 0.168 e. The van der Waals surface area contributed by atoms with E-state index < -0.39 is 0 Å².